The van der Waals surface area contributed by atoms with Gasteiger partial charge in [0.2, 0.25) is 0 Å². The van der Waals surface area contributed by atoms with Gasteiger partial charge in [0.25, 0.3) is 0 Å². The Morgan fingerprint density at radius 1 is 1.45 bits per heavy atom. The van der Waals surface area contributed by atoms with Crippen LogP contribution in [0.25, 0.3) is 0 Å². The molecule has 1 unspecified atom stereocenters. The van der Waals surface area contributed by atoms with E-state index in [1.165, 1.54) is 32.2 Å². The van der Waals surface area contributed by atoms with Crippen LogP contribution in [-0.4, -0.2) is 12.6 Å². The van der Waals surface area contributed by atoms with Crippen molar-refractivity contribution in [3.63, 3.8) is 0 Å². The lowest BCUT2D eigenvalue weighted by Gasteiger charge is -2.25. The third kappa shape index (κ3) is 2.82. The molecule has 0 aromatic heterocycles. The third-order valence-electron chi connectivity index (χ3n) is 2.76. The Bertz CT molecular complexity index is 118. The molecule has 1 aliphatic heterocycles. The molecular weight excluding hydrogens is 134 g/mol. The second-order valence-electron chi connectivity index (χ2n) is 4.53. The van der Waals surface area contributed by atoms with Crippen LogP contribution < -0.4 is 5.32 Å². The molecule has 0 aromatic carbocycles. The fourth-order valence-corrected chi connectivity index (χ4v) is 2.00. The molecule has 1 atom stereocenters. The second-order valence-corrected chi connectivity index (χ2v) is 4.53. The SMILES string of the molecule is CCC1CC(C)(C)CCCN1. The van der Waals surface area contributed by atoms with Gasteiger partial charge in [-0.2, -0.15) is 0 Å². The normalized spacial score (nSPS) is 31.4. The van der Waals surface area contributed by atoms with Crippen LogP contribution in [0.1, 0.15) is 46.5 Å². The van der Waals surface area contributed by atoms with E-state index >= 15 is 0 Å². The molecule has 11 heavy (non-hydrogen) atoms. The fraction of sp³-hybridized carbons (Fsp3) is 1.00. The molecule has 0 spiro atoms. The van der Waals surface area contributed by atoms with Gasteiger partial charge in [-0.3, -0.25) is 0 Å². The van der Waals surface area contributed by atoms with Crippen molar-refractivity contribution in [2.75, 3.05) is 6.54 Å². The smallest absolute Gasteiger partial charge is 0.00695 e. The van der Waals surface area contributed by atoms with Gasteiger partial charge in [0, 0.05) is 6.04 Å². The monoisotopic (exact) mass is 155 g/mol. The Morgan fingerprint density at radius 2 is 2.18 bits per heavy atom. The van der Waals surface area contributed by atoms with Crippen LogP contribution in [0.4, 0.5) is 0 Å². The van der Waals surface area contributed by atoms with E-state index in [9.17, 15) is 0 Å². The summed E-state index contributed by atoms with van der Waals surface area (Å²) in [6, 6.07) is 0.771. The molecule has 1 rings (SSSR count). The van der Waals surface area contributed by atoms with Crippen LogP contribution in [-0.2, 0) is 0 Å². The summed E-state index contributed by atoms with van der Waals surface area (Å²) in [7, 11) is 0. The van der Waals surface area contributed by atoms with Crippen LogP contribution in [0.3, 0.4) is 0 Å². The lowest BCUT2D eigenvalue weighted by atomic mass is 9.82. The molecule has 0 aromatic rings. The summed E-state index contributed by atoms with van der Waals surface area (Å²) in [5.74, 6) is 0. The Morgan fingerprint density at radius 3 is 2.82 bits per heavy atom. The molecule has 1 aliphatic rings. The zero-order valence-corrected chi connectivity index (χ0v) is 8.11. The highest BCUT2D eigenvalue weighted by Crippen LogP contribution is 2.30. The van der Waals surface area contributed by atoms with E-state index in [1.54, 1.807) is 0 Å². The third-order valence-corrected chi connectivity index (χ3v) is 2.76. The quantitative estimate of drug-likeness (QED) is 0.613. The average molecular weight is 155 g/mol. The number of nitrogens with one attached hydrogen (secondary N) is 1. The van der Waals surface area contributed by atoms with Gasteiger partial charge in [-0.25, -0.2) is 0 Å². The van der Waals surface area contributed by atoms with E-state index in [0.717, 1.165) is 6.04 Å². The molecule has 1 N–H and O–H groups in total. The first-order chi connectivity index (χ1) is 5.14. The van der Waals surface area contributed by atoms with Crippen LogP contribution >= 0.6 is 0 Å². The molecule has 0 saturated carbocycles. The maximum atomic E-state index is 3.59. The molecule has 0 bridgehead atoms. The predicted molar refractivity (Wildman–Crippen MR) is 49.7 cm³/mol. The second kappa shape index (κ2) is 3.57. The van der Waals surface area contributed by atoms with Crippen molar-refractivity contribution in [3.05, 3.63) is 0 Å². The largest absolute Gasteiger partial charge is 0.314 e. The van der Waals surface area contributed by atoms with Crippen LogP contribution in [0.15, 0.2) is 0 Å². The molecule has 1 nitrogen and oxygen atoms in total. The van der Waals surface area contributed by atoms with Crippen molar-refractivity contribution in [2.24, 2.45) is 5.41 Å². The standard InChI is InChI=1S/C10H21N/c1-4-9-8-10(2,3)6-5-7-11-9/h9,11H,4-8H2,1-3H3. The number of hydrogen-bond donors (Lipinski definition) is 1. The topological polar surface area (TPSA) is 12.0 Å². The van der Waals surface area contributed by atoms with Crippen molar-refractivity contribution >= 4 is 0 Å². The molecule has 66 valence electrons. The van der Waals surface area contributed by atoms with Crippen molar-refractivity contribution in [1.29, 1.82) is 0 Å². The lowest BCUT2D eigenvalue weighted by molar-refractivity contribution is 0.288. The van der Waals surface area contributed by atoms with E-state index < -0.39 is 0 Å². The van der Waals surface area contributed by atoms with Gasteiger partial charge < -0.3 is 5.32 Å². The molecule has 1 heteroatoms. The molecule has 0 aliphatic carbocycles. The van der Waals surface area contributed by atoms with Crippen molar-refractivity contribution in [3.8, 4) is 0 Å². The fourth-order valence-electron chi connectivity index (χ4n) is 2.00. The number of rotatable bonds is 1. The van der Waals surface area contributed by atoms with Crippen molar-refractivity contribution in [1.82, 2.24) is 5.32 Å². The van der Waals surface area contributed by atoms with Crippen molar-refractivity contribution < 1.29 is 0 Å². The van der Waals surface area contributed by atoms with Crippen LogP contribution in [0, 0.1) is 5.41 Å². The predicted octanol–water partition coefficient (Wildman–Crippen LogP) is 2.56. The van der Waals surface area contributed by atoms with Gasteiger partial charge in [-0.15, -0.1) is 0 Å². The Kier molecular flexibility index (Phi) is 2.94. The Labute approximate surface area is 70.6 Å². The summed E-state index contributed by atoms with van der Waals surface area (Å²) in [4.78, 5) is 0. The van der Waals surface area contributed by atoms with Gasteiger partial charge in [-0.1, -0.05) is 20.8 Å². The summed E-state index contributed by atoms with van der Waals surface area (Å²) in [5.41, 5.74) is 0.574. The summed E-state index contributed by atoms with van der Waals surface area (Å²) < 4.78 is 0. The highest BCUT2D eigenvalue weighted by Gasteiger charge is 2.24. The van der Waals surface area contributed by atoms with Crippen LogP contribution in [0.5, 0.6) is 0 Å². The zero-order chi connectivity index (χ0) is 8.32. The highest BCUT2D eigenvalue weighted by atomic mass is 14.9. The first-order valence-corrected chi connectivity index (χ1v) is 4.87. The van der Waals surface area contributed by atoms with Gasteiger partial charge in [0.15, 0.2) is 0 Å². The molecule has 0 radical (unpaired) electrons. The summed E-state index contributed by atoms with van der Waals surface area (Å²) in [6.45, 7) is 8.28. The van der Waals surface area contributed by atoms with E-state index in [0.29, 0.717) is 5.41 Å². The minimum Gasteiger partial charge on any atom is -0.314 e. The van der Waals surface area contributed by atoms with E-state index in [4.69, 9.17) is 0 Å². The first kappa shape index (κ1) is 9.05. The molecule has 1 fully saturated rings. The van der Waals surface area contributed by atoms with Gasteiger partial charge in [0.1, 0.15) is 0 Å². The maximum absolute atomic E-state index is 3.59. The molecule has 0 amide bonds. The summed E-state index contributed by atoms with van der Waals surface area (Å²) in [6.07, 6.45) is 5.37. The van der Waals surface area contributed by atoms with Gasteiger partial charge >= 0.3 is 0 Å². The highest BCUT2D eigenvalue weighted by molar-refractivity contribution is 4.80. The summed E-state index contributed by atoms with van der Waals surface area (Å²) >= 11 is 0. The van der Waals surface area contributed by atoms with E-state index in [1.807, 2.05) is 0 Å². The van der Waals surface area contributed by atoms with E-state index in [-0.39, 0.29) is 0 Å². The van der Waals surface area contributed by atoms with Gasteiger partial charge in [-0.05, 0) is 37.6 Å². The minimum atomic E-state index is 0.574. The Hall–Kier alpha value is -0.0400. The molecule has 1 saturated heterocycles. The maximum Gasteiger partial charge on any atom is 0.00695 e. The summed E-state index contributed by atoms with van der Waals surface area (Å²) in [5, 5.41) is 3.59. The first-order valence-electron chi connectivity index (χ1n) is 4.87. The van der Waals surface area contributed by atoms with Gasteiger partial charge in [0.05, 0.1) is 0 Å². The Balaban J connectivity index is 2.47. The molecular formula is C10H21N. The van der Waals surface area contributed by atoms with Crippen molar-refractivity contribution in [2.45, 2.75) is 52.5 Å². The van der Waals surface area contributed by atoms with Crippen LogP contribution in [0.2, 0.25) is 0 Å². The lowest BCUT2D eigenvalue weighted by Crippen LogP contribution is -2.29. The minimum absolute atomic E-state index is 0.574. The number of hydrogen-bond acceptors (Lipinski definition) is 1. The average Bonchev–Trinajstić information content (AvgIpc) is 2.10. The molecule has 1 heterocycles. The zero-order valence-electron chi connectivity index (χ0n) is 8.11. The van der Waals surface area contributed by atoms with E-state index in [2.05, 4.69) is 26.1 Å².